The number of benzene rings is 1. The molecule has 0 aromatic heterocycles. The molecule has 0 bridgehead atoms. The second kappa shape index (κ2) is 7.09. The van der Waals surface area contributed by atoms with Gasteiger partial charge in [-0.05, 0) is 17.5 Å². The zero-order chi connectivity index (χ0) is 14.4. The predicted molar refractivity (Wildman–Crippen MR) is 76.4 cm³/mol. The average Bonchev–Trinajstić information content (AvgIpc) is 2.77. The Balaban J connectivity index is 1.96. The van der Waals surface area contributed by atoms with Gasteiger partial charge < -0.3 is 9.84 Å². The minimum Gasteiger partial charge on any atom is -0.481 e. The van der Waals surface area contributed by atoms with E-state index in [1.165, 1.54) is 11.1 Å². The summed E-state index contributed by atoms with van der Waals surface area (Å²) in [7, 11) is 1.72. The van der Waals surface area contributed by atoms with Crippen molar-refractivity contribution in [3.05, 3.63) is 35.4 Å². The molecule has 1 aromatic carbocycles. The van der Waals surface area contributed by atoms with Crippen molar-refractivity contribution in [2.75, 3.05) is 20.3 Å². The van der Waals surface area contributed by atoms with Crippen LogP contribution in [-0.4, -0.2) is 31.3 Å². The maximum atomic E-state index is 10.4. The molecule has 20 heavy (non-hydrogen) atoms. The van der Waals surface area contributed by atoms with E-state index in [2.05, 4.69) is 35.4 Å². The lowest BCUT2D eigenvalue weighted by Crippen LogP contribution is -2.19. The number of ether oxygens (including phenoxy) is 1. The molecule has 0 radical (unpaired) electrons. The second-order valence-electron chi connectivity index (χ2n) is 4.87. The Morgan fingerprint density at radius 3 is 2.85 bits per heavy atom. The number of carboxylic acid groups (broad SMARTS) is 1. The second-order valence-corrected chi connectivity index (χ2v) is 4.87. The highest BCUT2D eigenvalue weighted by atomic mass is 16.5. The molecule has 2 atom stereocenters. The largest absolute Gasteiger partial charge is 0.481 e. The molecule has 2 unspecified atom stereocenters. The first-order valence-electron chi connectivity index (χ1n) is 6.71. The van der Waals surface area contributed by atoms with Gasteiger partial charge in [-0.3, -0.25) is 10.1 Å². The SMILES string of the molecule is COCC1CC(NCC#CCC(=O)O)c2ccccc21. The Kier molecular flexibility index (Phi) is 5.16. The van der Waals surface area contributed by atoms with E-state index in [0.717, 1.165) is 13.0 Å². The number of carbonyl (C=O) groups is 1. The van der Waals surface area contributed by atoms with Crippen molar-refractivity contribution in [3.8, 4) is 11.8 Å². The molecule has 1 aromatic rings. The van der Waals surface area contributed by atoms with Gasteiger partial charge in [-0.1, -0.05) is 36.1 Å². The maximum absolute atomic E-state index is 10.4. The van der Waals surface area contributed by atoms with E-state index >= 15 is 0 Å². The van der Waals surface area contributed by atoms with E-state index in [-0.39, 0.29) is 12.5 Å². The van der Waals surface area contributed by atoms with Crippen LogP contribution >= 0.6 is 0 Å². The summed E-state index contributed by atoms with van der Waals surface area (Å²) in [5.41, 5.74) is 2.64. The van der Waals surface area contributed by atoms with E-state index in [1.54, 1.807) is 7.11 Å². The molecule has 0 spiro atoms. The molecular formula is C16H19NO3. The van der Waals surface area contributed by atoms with Crippen LogP contribution in [0.15, 0.2) is 24.3 Å². The molecule has 0 amide bonds. The summed E-state index contributed by atoms with van der Waals surface area (Å²) in [6.07, 6.45) is 0.892. The maximum Gasteiger partial charge on any atom is 0.315 e. The lowest BCUT2D eigenvalue weighted by atomic mass is 10.0. The van der Waals surface area contributed by atoms with Crippen molar-refractivity contribution in [2.24, 2.45) is 0 Å². The molecule has 0 saturated heterocycles. The van der Waals surface area contributed by atoms with Gasteiger partial charge in [-0.25, -0.2) is 0 Å². The Morgan fingerprint density at radius 1 is 1.40 bits per heavy atom. The van der Waals surface area contributed by atoms with Gasteiger partial charge in [0.25, 0.3) is 0 Å². The molecule has 0 heterocycles. The van der Waals surface area contributed by atoms with Gasteiger partial charge in [0.1, 0.15) is 6.42 Å². The Labute approximate surface area is 119 Å². The third-order valence-electron chi connectivity index (χ3n) is 3.50. The van der Waals surface area contributed by atoms with Crippen LogP contribution in [0.1, 0.15) is 35.9 Å². The van der Waals surface area contributed by atoms with Crippen LogP contribution in [-0.2, 0) is 9.53 Å². The molecule has 106 valence electrons. The quantitative estimate of drug-likeness (QED) is 0.805. The summed E-state index contributed by atoms with van der Waals surface area (Å²) in [6, 6.07) is 8.64. The third kappa shape index (κ3) is 3.60. The zero-order valence-corrected chi connectivity index (χ0v) is 11.6. The monoisotopic (exact) mass is 273 g/mol. The summed E-state index contributed by atoms with van der Waals surface area (Å²) >= 11 is 0. The van der Waals surface area contributed by atoms with Crippen molar-refractivity contribution in [3.63, 3.8) is 0 Å². The average molecular weight is 273 g/mol. The standard InChI is InChI=1S/C16H19NO3/c1-20-11-12-10-15(14-7-3-2-6-13(12)14)17-9-5-4-8-16(18)19/h2-3,6-7,12,15,17H,8-11H2,1H3,(H,18,19). The van der Waals surface area contributed by atoms with Crippen molar-refractivity contribution >= 4 is 5.97 Å². The summed E-state index contributed by atoms with van der Waals surface area (Å²) < 4.78 is 5.28. The molecule has 1 aliphatic carbocycles. The number of rotatable bonds is 5. The number of hydrogen-bond donors (Lipinski definition) is 2. The minimum absolute atomic E-state index is 0.102. The smallest absolute Gasteiger partial charge is 0.315 e. The van der Waals surface area contributed by atoms with E-state index in [9.17, 15) is 4.79 Å². The van der Waals surface area contributed by atoms with Crippen LogP contribution in [0.25, 0.3) is 0 Å². The fourth-order valence-corrected chi connectivity index (χ4v) is 2.67. The summed E-state index contributed by atoms with van der Waals surface area (Å²) in [5, 5.41) is 11.9. The van der Waals surface area contributed by atoms with Crippen LogP contribution in [0.5, 0.6) is 0 Å². The summed E-state index contributed by atoms with van der Waals surface area (Å²) in [4.78, 5) is 10.4. The lowest BCUT2D eigenvalue weighted by Gasteiger charge is -2.12. The van der Waals surface area contributed by atoms with E-state index < -0.39 is 5.97 Å². The number of nitrogens with one attached hydrogen (secondary N) is 1. The first-order chi connectivity index (χ1) is 9.72. The first kappa shape index (κ1) is 14.6. The number of aliphatic carboxylic acids is 1. The van der Waals surface area contributed by atoms with E-state index in [0.29, 0.717) is 12.5 Å². The lowest BCUT2D eigenvalue weighted by molar-refractivity contribution is -0.135. The van der Waals surface area contributed by atoms with Crippen LogP contribution in [0.3, 0.4) is 0 Å². The van der Waals surface area contributed by atoms with Crippen molar-refractivity contribution in [1.29, 1.82) is 0 Å². The third-order valence-corrected chi connectivity index (χ3v) is 3.50. The van der Waals surface area contributed by atoms with Crippen molar-refractivity contribution < 1.29 is 14.6 Å². The van der Waals surface area contributed by atoms with Crippen LogP contribution in [0.2, 0.25) is 0 Å². The van der Waals surface area contributed by atoms with Gasteiger partial charge >= 0.3 is 5.97 Å². The number of hydrogen-bond acceptors (Lipinski definition) is 3. The molecule has 2 N–H and O–H groups in total. The number of fused-ring (bicyclic) bond motifs is 1. The highest BCUT2D eigenvalue weighted by Crippen LogP contribution is 2.39. The van der Waals surface area contributed by atoms with Crippen LogP contribution in [0.4, 0.5) is 0 Å². The molecule has 4 heteroatoms. The topological polar surface area (TPSA) is 58.6 Å². The summed E-state index contributed by atoms with van der Waals surface area (Å²) in [5.74, 6) is 5.01. The molecule has 4 nitrogen and oxygen atoms in total. The zero-order valence-electron chi connectivity index (χ0n) is 11.6. The summed E-state index contributed by atoms with van der Waals surface area (Å²) in [6.45, 7) is 1.23. The normalized spacial score (nSPS) is 20.1. The molecular weight excluding hydrogens is 254 g/mol. The predicted octanol–water partition coefficient (Wildman–Crippen LogP) is 1.93. The van der Waals surface area contributed by atoms with Gasteiger partial charge in [0.05, 0.1) is 13.2 Å². The molecule has 2 rings (SSSR count). The fourth-order valence-electron chi connectivity index (χ4n) is 2.67. The van der Waals surface area contributed by atoms with Gasteiger partial charge in [0, 0.05) is 19.1 Å². The molecule has 1 aliphatic rings. The Bertz CT molecular complexity index is 530. The fraction of sp³-hybridized carbons (Fsp3) is 0.438. The van der Waals surface area contributed by atoms with Crippen LogP contribution in [0, 0.1) is 11.8 Å². The van der Waals surface area contributed by atoms with Gasteiger partial charge in [0.2, 0.25) is 0 Å². The van der Waals surface area contributed by atoms with Crippen LogP contribution < -0.4 is 5.32 Å². The van der Waals surface area contributed by atoms with Gasteiger partial charge in [-0.2, -0.15) is 0 Å². The minimum atomic E-state index is -0.885. The molecule has 0 aliphatic heterocycles. The van der Waals surface area contributed by atoms with Gasteiger partial charge in [0.15, 0.2) is 0 Å². The Morgan fingerprint density at radius 2 is 2.15 bits per heavy atom. The highest BCUT2D eigenvalue weighted by molar-refractivity contribution is 5.69. The number of methoxy groups -OCH3 is 1. The van der Waals surface area contributed by atoms with Crippen molar-refractivity contribution in [1.82, 2.24) is 5.32 Å². The van der Waals surface area contributed by atoms with Crippen molar-refractivity contribution in [2.45, 2.75) is 24.8 Å². The Hall–Kier alpha value is -1.83. The highest BCUT2D eigenvalue weighted by Gasteiger charge is 2.29. The van der Waals surface area contributed by atoms with Gasteiger partial charge in [-0.15, -0.1) is 0 Å². The van der Waals surface area contributed by atoms with E-state index in [4.69, 9.17) is 9.84 Å². The first-order valence-corrected chi connectivity index (χ1v) is 6.71. The molecule has 0 fully saturated rings. The molecule has 0 saturated carbocycles. The van der Waals surface area contributed by atoms with E-state index in [1.807, 2.05) is 6.07 Å². The number of carboxylic acids is 1.